The van der Waals surface area contributed by atoms with Crippen LogP contribution >= 0.6 is 35.3 Å². The molecule has 2 N–H and O–H groups in total. The fourth-order valence-corrected chi connectivity index (χ4v) is 3.66. The third-order valence-corrected chi connectivity index (χ3v) is 5.46. The molecular weight excluding hydrogens is 450 g/mol. The quantitative estimate of drug-likeness (QED) is 0.375. The van der Waals surface area contributed by atoms with Gasteiger partial charge in [0.25, 0.3) is 0 Å². The maximum absolute atomic E-state index is 12.7. The second-order valence-electron chi connectivity index (χ2n) is 6.10. The number of aliphatic imine (C=N–C) groups is 1. The average molecular weight is 475 g/mol. The maximum atomic E-state index is 12.7. The highest BCUT2D eigenvalue weighted by Gasteiger charge is 2.41. The van der Waals surface area contributed by atoms with Crippen molar-refractivity contribution in [2.24, 2.45) is 10.9 Å². The Hall–Kier alpha value is -0.510. The van der Waals surface area contributed by atoms with E-state index in [2.05, 4.69) is 34.0 Å². The van der Waals surface area contributed by atoms with E-state index in [1.807, 2.05) is 6.07 Å². The Morgan fingerprint density at radius 3 is 2.50 bits per heavy atom. The molecule has 0 amide bonds. The molecule has 1 aromatic heterocycles. The van der Waals surface area contributed by atoms with E-state index < -0.39 is 12.1 Å². The molecule has 1 atom stereocenters. The largest absolute Gasteiger partial charge is 0.391 e. The Kier molecular flexibility index (Phi) is 8.83. The van der Waals surface area contributed by atoms with Crippen LogP contribution in [0.4, 0.5) is 13.2 Å². The zero-order chi connectivity index (χ0) is 16.9. The topological polar surface area (TPSA) is 36.4 Å². The third kappa shape index (κ3) is 6.42. The molecule has 1 aliphatic rings. The zero-order valence-electron chi connectivity index (χ0n) is 13.9. The summed E-state index contributed by atoms with van der Waals surface area (Å²) in [5.41, 5.74) is 0. The first kappa shape index (κ1) is 21.5. The summed E-state index contributed by atoms with van der Waals surface area (Å²) in [6.07, 6.45) is -2.59. The molecular formula is C16H25F3IN3S. The molecule has 1 saturated carbocycles. The highest BCUT2D eigenvalue weighted by atomic mass is 127. The molecule has 1 heterocycles. The van der Waals surface area contributed by atoms with Gasteiger partial charge in [-0.2, -0.15) is 13.2 Å². The lowest BCUT2D eigenvalue weighted by atomic mass is 9.85. The number of halogens is 4. The predicted octanol–water partition coefficient (Wildman–Crippen LogP) is 4.76. The molecule has 138 valence electrons. The molecule has 0 radical (unpaired) electrons. The summed E-state index contributed by atoms with van der Waals surface area (Å²) in [4.78, 5) is 5.48. The van der Waals surface area contributed by atoms with Crippen molar-refractivity contribution in [1.82, 2.24) is 10.6 Å². The van der Waals surface area contributed by atoms with Crippen molar-refractivity contribution in [2.45, 2.75) is 50.7 Å². The van der Waals surface area contributed by atoms with Crippen molar-refractivity contribution in [3.63, 3.8) is 0 Å². The summed E-state index contributed by atoms with van der Waals surface area (Å²) in [7, 11) is 1.69. The van der Waals surface area contributed by atoms with Crippen molar-refractivity contribution in [3.8, 4) is 0 Å². The van der Waals surface area contributed by atoms with E-state index in [-0.39, 0.29) is 42.9 Å². The highest BCUT2D eigenvalue weighted by Crippen LogP contribution is 2.37. The van der Waals surface area contributed by atoms with Crippen LogP contribution in [0.3, 0.4) is 0 Å². The lowest BCUT2D eigenvalue weighted by Crippen LogP contribution is -2.46. The summed E-state index contributed by atoms with van der Waals surface area (Å²) in [5.74, 6) is -0.104. The number of alkyl halides is 3. The van der Waals surface area contributed by atoms with Gasteiger partial charge in [0, 0.05) is 30.4 Å². The number of hydrogen-bond donors (Lipinski definition) is 2. The van der Waals surface area contributed by atoms with Gasteiger partial charge in [0.05, 0.1) is 5.92 Å². The molecule has 0 aromatic carbocycles. The van der Waals surface area contributed by atoms with Gasteiger partial charge in [-0.05, 0) is 37.1 Å². The fourth-order valence-electron chi connectivity index (χ4n) is 2.88. The smallest absolute Gasteiger partial charge is 0.356 e. The predicted molar refractivity (Wildman–Crippen MR) is 104 cm³/mol. The van der Waals surface area contributed by atoms with E-state index in [4.69, 9.17) is 0 Å². The zero-order valence-corrected chi connectivity index (χ0v) is 17.0. The summed E-state index contributed by atoms with van der Waals surface area (Å²) in [6.45, 7) is 2.89. The molecule has 1 aromatic rings. The number of nitrogens with one attached hydrogen (secondary N) is 2. The van der Waals surface area contributed by atoms with Crippen LogP contribution in [0.25, 0.3) is 0 Å². The van der Waals surface area contributed by atoms with Crippen molar-refractivity contribution >= 4 is 41.3 Å². The summed E-state index contributed by atoms with van der Waals surface area (Å²) in [5, 5.41) is 8.58. The van der Waals surface area contributed by atoms with Crippen molar-refractivity contribution in [1.29, 1.82) is 0 Å². The first-order chi connectivity index (χ1) is 10.9. The van der Waals surface area contributed by atoms with Crippen LogP contribution in [-0.4, -0.2) is 31.8 Å². The number of rotatable bonds is 4. The summed E-state index contributed by atoms with van der Waals surface area (Å²) < 4.78 is 38.1. The van der Waals surface area contributed by atoms with Gasteiger partial charge in [0.2, 0.25) is 0 Å². The minimum Gasteiger partial charge on any atom is -0.356 e. The van der Waals surface area contributed by atoms with Gasteiger partial charge in [-0.25, -0.2) is 0 Å². The molecule has 0 saturated heterocycles. The summed E-state index contributed by atoms with van der Waals surface area (Å²) >= 11 is 1.72. The Morgan fingerprint density at radius 1 is 1.33 bits per heavy atom. The standard InChI is InChI=1S/C16H24F3N3S.HI/c1-11(14-4-3-9-23-14)10-21-15(20-2)22-13-7-5-12(6-8-13)16(17,18)19;/h3-4,9,11-13H,5-8,10H2,1-2H3,(H2,20,21,22);1H. The molecule has 1 unspecified atom stereocenters. The van der Waals surface area contributed by atoms with Crippen molar-refractivity contribution in [3.05, 3.63) is 22.4 Å². The lowest BCUT2D eigenvalue weighted by molar-refractivity contribution is -0.182. The Bertz CT molecular complexity index is 497. The Morgan fingerprint density at radius 2 is 2.00 bits per heavy atom. The summed E-state index contributed by atoms with van der Waals surface area (Å²) in [6, 6.07) is 4.20. The van der Waals surface area contributed by atoms with Gasteiger partial charge in [-0.1, -0.05) is 13.0 Å². The minimum atomic E-state index is -4.05. The van der Waals surface area contributed by atoms with Crippen molar-refractivity contribution in [2.75, 3.05) is 13.6 Å². The first-order valence-electron chi connectivity index (χ1n) is 7.97. The van der Waals surface area contributed by atoms with Gasteiger partial charge < -0.3 is 10.6 Å². The first-order valence-corrected chi connectivity index (χ1v) is 8.85. The van der Waals surface area contributed by atoms with Gasteiger partial charge in [0.15, 0.2) is 5.96 Å². The maximum Gasteiger partial charge on any atom is 0.391 e. The van der Waals surface area contributed by atoms with Crippen LogP contribution in [0.2, 0.25) is 0 Å². The van der Waals surface area contributed by atoms with Gasteiger partial charge >= 0.3 is 6.18 Å². The van der Waals surface area contributed by atoms with E-state index >= 15 is 0 Å². The van der Waals surface area contributed by atoms with E-state index in [1.165, 1.54) is 4.88 Å². The van der Waals surface area contributed by atoms with Gasteiger partial charge in [-0.15, -0.1) is 35.3 Å². The van der Waals surface area contributed by atoms with Crippen LogP contribution in [0.1, 0.15) is 43.4 Å². The minimum absolute atomic E-state index is 0. The molecule has 0 bridgehead atoms. The number of guanidine groups is 1. The van der Waals surface area contributed by atoms with Gasteiger partial charge in [0.1, 0.15) is 0 Å². The molecule has 1 fully saturated rings. The number of nitrogens with zero attached hydrogens (tertiary/aromatic N) is 1. The molecule has 8 heteroatoms. The monoisotopic (exact) mass is 475 g/mol. The Labute approximate surface area is 162 Å². The van der Waals surface area contributed by atoms with Crippen LogP contribution < -0.4 is 10.6 Å². The molecule has 0 aliphatic heterocycles. The third-order valence-electron chi connectivity index (χ3n) is 4.36. The molecule has 1 aliphatic carbocycles. The molecule has 24 heavy (non-hydrogen) atoms. The Balaban J connectivity index is 0.00000288. The van der Waals surface area contributed by atoms with Crippen LogP contribution in [0.5, 0.6) is 0 Å². The van der Waals surface area contributed by atoms with E-state index in [0.29, 0.717) is 24.7 Å². The van der Waals surface area contributed by atoms with E-state index in [9.17, 15) is 13.2 Å². The lowest BCUT2D eigenvalue weighted by Gasteiger charge is -2.31. The van der Waals surface area contributed by atoms with Crippen molar-refractivity contribution < 1.29 is 13.2 Å². The molecule has 2 rings (SSSR count). The fraction of sp³-hybridized carbons (Fsp3) is 0.688. The second kappa shape index (κ2) is 9.84. The van der Waals surface area contributed by atoms with Crippen LogP contribution in [0.15, 0.2) is 22.5 Å². The van der Waals surface area contributed by atoms with E-state index in [1.54, 1.807) is 18.4 Å². The number of thiophene rings is 1. The average Bonchev–Trinajstić information content (AvgIpc) is 3.05. The van der Waals surface area contributed by atoms with Gasteiger partial charge in [-0.3, -0.25) is 4.99 Å². The molecule has 3 nitrogen and oxygen atoms in total. The highest BCUT2D eigenvalue weighted by molar-refractivity contribution is 14.0. The number of hydrogen-bond acceptors (Lipinski definition) is 2. The normalized spacial score (nSPS) is 23.3. The SMILES string of the molecule is CN=C(NCC(C)c1cccs1)NC1CCC(C(F)(F)F)CC1.I. The molecule has 0 spiro atoms. The second-order valence-corrected chi connectivity index (χ2v) is 7.08. The van der Waals surface area contributed by atoms with E-state index in [0.717, 1.165) is 6.54 Å². The van der Waals surface area contributed by atoms with Crippen LogP contribution in [-0.2, 0) is 0 Å². The van der Waals surface area contributed by atoms with Crippen LogP contribution in [0, 0.1) is 5.92 Å².